The molecule has 1 aromatic carbocycles. The number of rotatable bonds is 6. The zero-order valence-electron chi connectivity index (χ0n) is 13.7. The van der Waals surface area contributed by atoms with Gasteiger partial charge in [0.1, 0.15) is 11.0 Å². The molecule has 0 spiro atoms. The molecular weight excluding hydrogens is 393 g/mol. The highest BCUT2D eigenvalue weighted by molar-refractivity contribution is 7.89. The van der Waals surface area contributed by atoms with E-state index in [1.807, 2.05) is 0 Å². The summed E-state index contributed by atoms with van der Waals surface area (Å²) in [5.41, 5.74) is -1.27. The van der Waals surface area contributed by atoms with Gasteiger partial charge in [-0.2, -0.15) is 9.57 Å². The zero-order chi connectivity index (χ0) is 20.4. The van der Waals surface area contributed by atoms with Crippen LogP contribution in [0.25, 0.3) is 0 Å². The van der Waals surface area contributed by atoms with E-state index in [0.717, 1.165) is 25.4 Å². The predicted molar refractivity (Wildman–Crippen MR) is 83.7 cm³/mol. The Labute approximate surface area is 151 Å². The number of nitrogens with zero attached hydrogens (tertiary/aromatic N) is 3. The highest BCUT2D eigenvalue weighted by atomic mass is 32.2. The topological polar surface area (TPSA) is 74.1 Å². The molecule has 27 heavy (non-hydrogen) atoms. The SMILES string of the molecule is CCN(C(F)(c1ccc(F)c(F)c1)C(F)F)S(=O)(=O)c1cncc(C#N)c1. The fraction of sp³-hybridized carbons (Fsp3) is 0.250. The van der Waals surface area contributed by atoms with Crippen LogP contribution in [-0.2, 0) is 15.8 Å². The minimum atomic E-state index is -4.91. The molecule has 0 saturated carbocycles. The molecule has 144 valence electrons. The van der Waals surface area contributed by atoms with Gasteiger partial charge in [-0.3, -0.25) is 4.98 Å². The van der Waals surface area contributed by atoms with Crippen LogP contribution >= 0.6 is 0 Å². The Kier molecular flexibility index (Phi) is 5.82. The smallest absolute Gasteiger partial charge is 0.262 e. The number of nitriles is 1. The second kappa shape index (κ2) is 7.58. The first-order valence-electron chi connectivity index (χ1n) is 7.39. The third-order valence-corrected chi connectivity index (χ3v) is 5.62. The number of hydrogen-bond donors (Lipinski definition) is 0. The number of aromatic nitrogens is 1. The Hall–Kier alpha value is -2.58. The summed E-state index contributed by atoms with van der Waals surface area (Å²) in [5.74, 6) is -7.01. The summed E-state index contributed by atoms with van der Waals surface area (Å²) in [6, 6.07) is 3.58. The minimum absolute atomic E-state index is 0.170. The lowest BCUT2D eigenvalue weighted by Crippen LogP contribution is -2.51. The molecule has 1 unspecified atom stereocenters. The quantitative estimate of drug-likeness (QED) is 0.546. The molecule has 2 rings (SSSR count). The van der Waals surface area contributed by atoms with E-state index < -0.39 is 50.9 Å². The lowest BCUT2D eigenvalue weighted by Gasteiger charge is -2.35. The predicted octanol–water partition coefficient (Wildman–Crippen LogP) is 3.33. The molecular formula is C16H12F5N3O2S. The van der Waals surface area contributed by atoms with Crippen LogP contribution in [0.4, 0.5) is 22.0 Å². The number of sulfonamides is 1. The average Bonchev–Trinajstić information content (AvgIpc) is 2.63. The molecule has 0 aliphatic heterocycles. The van der Waals surface area contributed by atoms with E-state index in [-0.39, 0.29) is 15.9 Å². The van der Waals surface area contributed by atoms with Crippen molar-refractivity contribution >= 4 is 10.0 Å². The second-order valence-electron chi connectivity index (χ2n) is 5.29. The summed E-state index contributed by atoms with van der Waals surface area (Å²) in [5, 5.41) is 8.84. The van der Waals surface area contributed by atoms with Crippen molar-refractivity contribution in [2.24, 2.45) is 0 Å². The van der Waals surface area contributed by atoms with E-state index in [2.05, 4.69) is 4.98 Å². The van der Waals surface area contributed by atoms with Crippen molar-refractivity contribution in [3.63, 3.8) is 0 Å². The number of hydrogen-bond acceptors (Lipinski definition) is 4. The zero-order valence-corrected chi connectivity index (χ0v) is 14.5. The summed E-state index contributed by atoms with van der Waals surface area (Å²) in [6.45, 7) is 0.328. The number of pyridine rings is 1. The van der Waals surface area contributed by atoms with Gasteiger partial charge in [-0.05, 0) is 18.2 Å². The normalized spacial score (nSPS) is 14.2. The maximum absolute atomic E-state index is 15.4. The molecule has 0 N–H and O–H groups in total. The lowest BCUT2D eigenvalue weighted by molar-refractivity contribution is -0.111. The van der Waals surface area contributed by atoms with Gasteiger partial charge >= 0.3 is 0 Å². The molecule has 2 aromatic rings. The first kappa shape index (κ1) is 20.7. The van der Waals surface area contributed by atoms with Crippen molar-refractivity contribution < 1.29 is 30.4 Å². The number of benzene rings is 1. The third kappa shape index (κ3) is 3.63. The molecule has 11 heteroatoms. The number of alkyl halides is 3. The largest absolute Gasteiger partial charge is 0.290 e. The van der Waals surface area contributed by atoms with E-state index >= 15 is 4.39 Å². The maximum Gasteiger partial charge on any atom is 0.290 e. The van der Waals surface area contributed by atoms with Crippen LogP contribution in [0.2, 0.25) is 0 Å². The Bertz CT molecular complexity index is 994. The van der Waals surface area contributed by atoms with Crippen LogP contribution in [0.15, 0.2) is 41.6 Å². The fourth-order valence-electron chi connectivity index (χ4n) is 2.42. The van der Waals surface area contributed by atoms with Crippen molar-refractivity contribution in [2.75, 3.05) is 6.54 Å². The Morgan fingerprint density at radius 3 is 2.41 bits per heavy atom. The van der Waals surface area contributed by atoms with Gasteiger partial charge in [0.15, 0.2) is 11.6 Å². The molecule has 1 aromatic heterocycles. The number of halogens is 5. The van der Waals surface area contributed by atoms with E-state index in [9.17, 15) is 26.0 Å². The van der Waals surface area contributed by atoms with Crippen LogP contribution in [0.1, 0.15) is 18.1 Å². The van der Waals surface area contributed by atoms with E-state index in [4.69, 9.17) is 5.26 Å². The summed E-state index contributed by atoms with van der Waals surface area (Å²) in [7, 11) is -4.91. The maximum atomic E-state index is 15.4. The summed E-state index contributed by atoms with van der Waals surface area (Å²) in [4.78, 5) is 2.82. The van der Waals surface area contributed by atoms with Crippen LogP contribution in [0.3, 0.4) is 0 Å². The van der Waals surface area contributed by atoms with E-state index in [1.165, 1.54) is 0 Å². The van der Waals surface area contributed by atoms with Crippen LogP contribution < -0.4 is 0 Å². The highest BCUT2D eigenvalue weighted by Crippen LogP contribution is 2.40. The highest BCUT2D eigenvalue weighted by Gasteiger charge is 2.53. The molecule has 1 atom stereocenters. The fourth-order valence-corrected chi connectivity index (χ4v) is 4.02. The second-order valence-corrected chi connectivity index (χ2v) is 7.16. The van der Waals surface area contributed by atoms with Gasteiger partial charge < -0.3 is 0 Å². The van der Waals surface area contributed by atoms with Gasteiger partial charge in [-0.1, -0.05) is 13.0 Å². The monoisotopic (exact) mass is 405 g/mol. The van der Waals surface area contributed by atoms with Gasteiger partial charge in [-0.15, -0.1) is 0 Å². The summed E-state index contributed by atoms with van der Waals surface area (Å²) >= 11 is 0. The Morgan fingerprint density at radius 2 is 1.89 bits per heavy atom. The van der Waals surface area contributed by atoms with Gasteiger partial charge in [0.05, 0.1) is 5.56 Å². The van der Waals surface area contributed by atoms with Crippen molar-refractivity contribution in [3.05, 3.63) is 59.4 Å². The molecule has 5 nitrogen and oxygen atoms in total. The van der Waals surface area contributed by atoms with Gasteiger partial charge in [0.2, 0.25) is 10.0 Å². The van der Waals surface area contributed by atoms with Gasteiger partial charge in [0.25, 0.3) is 12.2 Å². The Balaban J connectivity index is 2.68. The average molecular weight is 405 g/mol. The summed E-state index contributed by atoms with van der Waals surface area (Å²) in [6.07, 6.45) is -2.14. The molecule has 0 bridgehead atoms. The molecule has 0 aliphatic carbocycles. The standard InChI is InChI=1S/C16H12F5N3O2S/c1-2-24(27(25,26)12-5-10(7-22)8-23-9-12)16(21,15(19)20)11-3-4-13(17)14(18)6-11/h3-6,8-9,15H,2H2,1H3. The van der Waals surface area contributed by atoms with E-state index in [0.29, 0.717) is 12.1 Å². The summed E-state index contributed by atoms with van der Waals surface area (Å²) < 4.78 is 94.6. The van der Waals surface area contributed by atoms with E-state index in [1.54, 1.807) is 6.07 Å². The van der Waals surface area contributed by atoms with Gasteiger partial charge in [-0.25, -0.2) is 30.4 Å². The first-order valence-corrected chi connectivity index (χ1v) is 8.83. The molecule has 0 fully saturated rings. The Morgan fingerprint density at radius 1 is 1.22 bits per heavy atom. The third-order valence-electron chi connectivity index (χ3n) is 3.69. The molecule has 0 amide bonds. The van der Waals surface area contributed by atoms with Crippen molar-refractivity contribution in [2.45, 2.75) is 24.0 Å². The molecule has 0 saturated heterocycles. The van der Waals surface area contributed by atoms with Crippen LogP contribution in [-0.4, -0.2) is 30.7 Å². The first-order chi connectivity index (χ1) is 12.6. The van der Waals surface area contributed by atoms with Crippen molar-refractivity contribution in [1.82, 2.24) is 9.29 Å². The van der Waals surface area contributed by atoms with Gasteiger partial charge in [0, 0.05) is 24.5 Å². The van der Waals surface area contributed by atoms with Crippen LogP contribution in [0.5, 0.6) is 0 Å². The molecule has 1 heterocycles. The molecule has 0 radical (unpaired) electrons. The van der Waals surface area contributed by atoms with Crippen LogP contribution in [0, 0.1) is 23.0 Å². The molecule has 0 aliphatic rings. The minimum Gasteiger partial charge on any atom is -0.262 e. The van der Waals surface area contributed by atoms with Crippen molar-refractivity contribution in [1.29, 1.82) is 5.26 Å². The lowest BCUT2D eigenvalue weighted by atomic mass is 10.0. The van der Waals surface area contributed by atoms with Crippen molar-refractivity contribution in [3.8, 4) is 6.07 Å².